The lowest BCUT2D eigenvalue weighted by atomic mass is 10.2. The summed E-state index contributed by atoms with van der Waals surface area (Å²) in [6.45, 7) is 13.6. The zero-order valence-corrected chi connectivity index (χ0v) is 13.7. The molecule has 0 aromatic carbocycles. The second-order valence-corrected chi connectivity index (χ2v) is 4.82. The first-order valence-corrected chi connectivity index (χ1v) is 7.95. The first-order valence-electron chi connectivity index (χ1n) is 7.95. The van der Waals surface area contributed by atoms with Crippen LogP contribution in [0, 0.1) is 0 Å². The highest BCUT2D eigenvalue weighted by Crippen LogP contribution is 2.13. The predicted octanol–water partition coefficient (Wildman–Crippen LogP) is 2.26. The summed E-state index contributed by atoms with van der Waals surface area (Å²) in [5.41, 5.74) is 1.24. The van der Waals surface area contributed by atoms with Gasteiger partial charge in [-0.1, -0.05) is 6.92 Å². The molecule has 0 aliphatic heterocycles. The highest BCUT2D eigenvalue weighted by atomic mass is 16.5. The summed E-state index contributed by atoms with van der Waals surface area (Å²) in [6, 6.07) is 2.06. The largest absolute Gasteiger partial charge is 0.468 e. The lowest BCUT2D eigenvalue weighted by molar-refractivity contribution is 0.0795. The van der Waals surface area contributed by atoms with Gasteiger partial charge in [0.05, 0.1) is 26.0 Å². The van der Waals surface area contributed by atoms with Crippen molar-refractivity contribution in [1.29, 1.82) is 0 Å². The fourth-order valence-corrected chi connectivity index (χ4v) is 2.09. The monoisotopic (exact) mass is 298 g/mol. The van der Waals surface area contributed by atoms with Crippen LogP contribution in [0.15, 0.2) is 16.7 Å². The highest BCUT2D eigenvalue weighted by molar-refractivity contribution is 5.16. The van der Waals surface area contributed by atoms with Crippen molar-refractivity contribution >= 4 is 0 Å². The third-order valence-corrected chi connectivity index (χ3v) is 3.28. The Balaban J connectivity index is 2.50. The van der Waals surface area contributed by atoms with E-state index < -0.39 is 0 Å². The maximum absolute atomic E-state index is 5.57. The minimum Gasteiger partial charge on any atom is -0.468 e. The van der Waals surface area contributed by atoms with Crippen molar-refractivity contribution in [3.63, 3.8) is 0 Å². The molecule has 1 aromatic heterocycles. The van der Waals surface area contributed by atoms with Gasteiger partial charge < -0.3 is 19.2 Å². The van der Waals surface area contributed by atoms with Crippen LogP contribution >= 0.6 is 0 Å². The molecule has 21 heavy (non-hydrogen) atoms. The van der Waals surface area contributed by atoms with Gasteiger partial charge in [0.2, 0.25) is 0 Å². The van der Waals surface area contributed by atoms with Gasteiger partial charge in [-0.05, 0) is 26.5 Å². The zero-order chi connectivity index (χ0) is 15.3. The number of ether oxygens (including phenoxy) is 2. The van der Waals surface area contributed by atoms with Crippen LogP contribution in [-0.4, -0.2) is 51.0 Å². The first-order chi connectivity index (χ1) is 10.3. The summed E-state index contributed by atoms with van der Waals surface area (Å²) in [7, 11) is 0. The minimum atomic E-state index is 0.753. The summed E-state index contributed by atoms with van der Waals surface area (Å²) >= 11 is 0. The molecule has 0 atom stereocenters. The lowest BCUT2D eigenvalue weighted by Crippen LogP contribution is -2.31. The highest BCUT2D eigenvalue weighted by Gasteiger charge is 2.11. The summed E-state index contributed by atoms with van der Waals surface area (Å²) < 4.78 is 16.5. The second kappa shape index (κ2) is 11.7. The van der Waals surface area contributed by atoms with Gasteiger partial charge in [0.25, 0.3) is 0 Å². The van der Waals surface area contributed by atoms with Crippen LogP contribution in [0.25, 0.3) is 0 Å². The zero-order valence-electron chi connectivity index (χ0n) is 13.7. The molecule has 0 aliphatic carbocycles. The number of furan rings is 1. The van der Waals surface area contributed by atoms with E-state index in [0.717, 1.165) is 64.9 Å². The maximum atomic E-state index is 5.57. The van der Waals surface area contributed by atoms with Crippen LogP contribution in [0.2, 0.25) is 0 Å². The molecule has 122 valence electrons. The van der Waals surface area contributed by atoms with Crippen LogP contribution in [0.1, 0.15) is 32.1 Å². The summed E-state index contributed by atoms with van der Waals surface area (Å²) in [5.74, 6) is 1.02. The molecule has 0 saturated heterocycles. The van der Waals surface area contributed by atoms with E-state index in [4.69, 9.17) is 13.9 Å². The van der Waals surface area contributed by atoms with E-state index in [0.29, 0.717) is 0 Å². The summed E-state index contributed by atoms with van der Waals surface area (Å²) in [6.07, 6.45) is 1.77. The van der Waals surface area contributed by atoms with Gasteiger partial charge in [-0.15, -0.1) is 0 Å². The Bertz CT molecular complexity index is 345. The smallest absolute Gasteiger partial charge is 0.122 e. The molecule has 5 nitrogen and oxygen atoms in total. The quantitative estimate of drug-likeness (QED) is 0.566. The van der Waals surface area contributed by atoms with E-state index >= 15 is 0 Å². The van der Waals surface area contributed by atoms with E-state index in [1.54, 1.807) is 6.26 Å². The van der Waals surface area contributed by atoms with Crippen molar-refractivity contribution in [2.45, 2.75) is 33.9 Å². The van der Waals surface area contributed by atoms with Gasteiger partial charge in [0.1, 0.15) is 5.76 Å². The molecule has 5 heteroatoms. The van der Waals surface area contributed by atoms with Gasteiger partial charge in [-0.25, -0.2) is 0 Å². The lowest BCUT2D eigenvalue weighted by Gasteiger charge is -2.22. The predicted molar refractivity (Wildman–Crippen MR) is 84.4 cm³/mol. The summed E-state index contributed by atoms with van der Waals surface area (Å²) in [5, 5.41) is 3.31. The van der Waals surface area contributed by atoms with Crippen LogP contribution in [0.4, 0.5) is 0 Å². The molecular weight excluding hydrogens is 268 g/mol. The number of hydrogen-bond acceptors (Lipinski definition) is 5. The molecule has 0 amide bonds. The molecule has 0 aliphatic rings. The average molecular weight is 298 g/mol. The molecule has 0 saturated carbocycles. The van der Waals surface area contributed by atoms with Crippen molar-refractivity contribution in [3.8, 4) is 0 Å². The Labute approximate surface area is 128 Å². The molecule has 1 heterocycles. The molecule has 0 spiro atoms. The Kier molecular flexibility index (Phi) is 10.2. The van der Waals surface area contributed by atoms with Crippen molar-refractivity contribution in [2.75, 3.05) is 46.1 Å². The number of nitrogens with zero attached hydrogens (tertiary/aromatic N) is 1. The number of nitrogens with one attached hydrogen (secondary N) is 1. The Hall–Kier alpha value is -0.880. The van der Waals surface area contributed by atoms with Gasteiger partial charge in [0, 0.05) is 38.4 Å². The molecular formula is C16H30N2O3. The third-order valence-electron chi connectivity index (χ3n) is 3.28. The summed E-state index contributed by atoms with van der Waals surface area (Å²) in [4.78, 5) is 2.35. The fraction of sp³-hybridized carbons (Fsp3) is 0.750. The second-order valence-electron chi connectivity index (χ2n) is 4.82. The Morgan fingerprint density at radius 2 is 1.76 bits per heavy atom. The van der Waals surface area contributed by atoms with Crippen molar-refractivity contribution in [2.24, 2.45) is 0 Å². The van der Waals surface area contributed by atoms with Crippen molar-refractivity contribution in [3.05, 3.63) is 23.7 Å². The fourth-order valence-electron chi connectivity index (χ4n) is 2.09. The van der Waals surface area contributed by atoms with E-state index in [9.17, 15) is 0 Å². The maximum Gasteiger partial charge on any atom is 0.122 e. The van der Waals surface area contributed by atoms with Gasteiger partial charge in [-0.3, -0.25) is 4.90 Å². The third kappa shape index (κ3) is 7.62. The van der Waals surface area contributed by atoms with Crippen LogP contribution in [0.5, 0.6) is 0 Å². The molecule has 0 unspecified atom stereocenters. The number of hydrogen-bond donors (Lipinski definition) is 1. The molecule has 0 fully saturated rings. The van der Waals surface area contributed by atoms with Crippen LogP contribution < -0.4 is 5.32 Å². The molecule has 0 radical (unpaired) electrons. The Morgan fingerprint density at radius 1 is 1.10 bits per heavy atom. The van der Waals surface area contributed by atoms with Crippen molar-refractivity contribution < 1.29 is 13.9 Å². The van der Waals surface area contributed by atoms with E-state index in [1.807, 2.05) is 13.8 Å². The topological polar surface area (TPSA) is 46.9 Å². The SMILES string of the molecule is CCNCc1occc1CN(CCOCC)CCOCC. The molecule has 1 aromatic rings. The molecule has 0 bridgehead atoms. The van der Waals surface area contributed by atoms with Gasteiger partial charge in [-0.2, -0.15) is 0 Å². The van der Waals surface area contributed by atoms with Crippen LogP contribution in [0.3, 0.4) is 0 Å². The molecule has 1 N–H and O–H groups in total. The minimum absolute atomic E-state index is 0.753. The van der Waals surface area contributed by atoms with Crippen LogP contribution in [-0.2, 0) is 22.6 Å². The molecule has 1 rings (SSSR count). The standard InChI is InChI=1S/C16H30N2O3/c1-4-17-13-16-15(7-10-21-16)14-18(8-11-19-5-2)9-12-20-6-3/h7,10,17H,4-6,8-9,11-14H2,1-3H3. The normalized spacial score (nSPS) is 11.4. The van der Waals surface area contributed by atoms with Gasteiger partial charge in [0.15, 0.2) is 0 Å². The van der Waals surface area contributed by atoms with Crippen molar-refractivity contribution in [1.82, 2.24) is 10.2 Å². The van der Waals surface area contributed by atoms with E-state index in [-0.39, 0.29) is 0 Å². The first kappa shape index (κ1) is 18.2. The van der Waals surface area contributed by atoms with E-state index in [1.165, 1.54) is 5.56 Å². The van der Waals surface area contributed by atoms with Gasteiger partial charge >= 0.3 is 0 Å². The number of rotatable bonds is 13. The Morgan fingerprint density at radius 3 is 2.33 bits per heavy atom. The van der Waals surface area contributed by atoms with E-state index in [2.05, 4.69) is 23.2 Å². The average Bonchev–Trinajstić information content (AvgIpc) is 2.92.